The van der Waals surface area contributed by atoms with Crippen molar-refractivity contribution in [3.63, 3.8) is 0 Å². The van der Waals surface area contributed by atoms with E-state index in [9.17, 15) is 5.11 Å². The largest absolute Gasteiger partial charge is 0.497 e. The van der Waals surface area contributed by atoms with Crippen molar-refractivity contribution in [2.75, 3.05) is 21.3 Å². The Morgan fingerprint density at radius 2 is 1.50 bits per heavy atom. The molecule has 2 aromatic rings. The number of hydrogen-bond donors (Lipinski definition) is 1. The van der Waals surface area contributed by atoms with Gasteiger partial charge in [0, 0.05) is 0 Å². The first-order valence-corrected chi connectivity index (χ1v) is 6.23. The molecule has 0 saturated heterocycles. The van der Waals surface area contributed by atoms with E-state index in [4.69, 9.17) is 14.2 Å². The second-order valence-electron chi connectivity index (χ2n) is 4.29. The van der Waals surface area contributed by atoms with Gasteiger partial charge in [-0.2, -0.15) is 0 Å². The molecule has 0 saturated carbocycles. The third-order valence-corrected chi connectivity index (χ3v) is 3.13. The summed E-state index contributed by atoms with van der Waals surface area (Å²) in [5, 5.41) is 10.4. The molecule has 1 unspecified atom stereocenters. The molecule has 0 aliphatic rings. The summed E-state index contributed by atoms with van der Waals surface area (Å²) in [7, 11) is 4.75. The number of methoxy groups -OCH3 is 3. The van der Waals surface area contributed by atoms with Crippen LogP contribution in [0.15, 0.2) is 42.5 Å². The van der Waals surface area contributed by atoms with Crippen molar-refractivity contribution in [2.24, 2.45) is 0 Å². The normalized spacial score (nSPS) is 11.8. The minimum Gasteiger partial charge on any atom is -0.497 e. The summed E-state index contributed by atoms with van der Waals surface area (Å²) < 4.78 is 15.6. The van der Waals surface area contributed by atoms with Gasteiger partial charge in [0.2, 0.25) is 0 Å². The van der Waals surface area contributed by atoms with E-state index in [-0.39, 0.29) is 0 Å². The van der Waals surface area contributed by atoms with Crippen LogP contribution in [0.5, 0.6) is 17.2 Å². The van der Waals surface area contributed by atoms with Crippen LogP contribution in [0.1, 0.15) is 17.2 Å². The van der Waals surface area contributed by atoms with Crippen LogP contribution < -0.4 is 14.2 Å². The SMILES string of the molecule is COc1cccc(C(O)c2ccc(OC)c(OC)c2)c1. The Morgan fingerprint density at radius 1 is 0.800 bits per heavy atom. The summed E-state index contributed by atoms with van der Waals surface area (Å²) in [4.78, 5) is 0. The predicted molar refractivity (Wildman–Crippen MR) is 76.6 cm³/mol. The van der Waals surface area contributed by atoms with Crippen LogP contribution in [-0.2, 0) is 0 Å². The van der Waals surface area contributed by atoms with E-state index in [1.165, 1.54) is 0 Å². The van der Waals surface area contributed by atoms with Crippen LogP contribution in [0.3, 0.4) is 0 Å². The minimum absolute atomic E-state index is 0.590. The van der Waals surface area contributed by atoms with Gasteiger partial charge in [-0.05, 0) is 35.4 Å². The maximum absolute atomic E-state index is 10.4. The van der Waals surface area contributed by atoms with Gasteiger partial charge in [0.05, 0.1) is 21.3 Å². The average molecular weight is 274 g/mol. The zero-order valence-corrected chi connectivity index (χ0v) is 11.8. The fourth-order valence-corrected chi connectivity index (χ4v) is 2.03. The van der Waals surface area contributed by atoms with Gasteiger partial charge in [-0.25, -0.2) is 0 Å². The molecular formula is C16H18O4. The maximum Gasteiger partial charge on any atom is 0.161 e. The number of aliphatic hydroxyl groups is 1. The van der Waals surface area contributed by atoms with E-state index in [2.05, 4.69) is 0 Å². The summed E-state index contributed by atoms with van der Waals surface area (Å²) in [6.07, 6.45) is -0.745. The van der Waals surface area contributed by atoms with Gasteiger partial charge in [-0.15, -0.1) is 0 Å². The molecule has 0 heterocycles. The van der Waals surface area contributed by atoms with Crippen LogP contribution in [0.4, 0.5) is 0 Å². The van der Waals surface area contributed by atoms with Gasteiger partial charge >= 0.3 is 0 Å². The molecular weight excluding hydrogens is 256 g/mol. The van der Waals surface area contributed by atoms with Crippen molar-refractivity contribution >= 4 is 0 Å². The molecule has 1 N–H and O–H groups in total. The molecule has 106 valence electrons. The third-order valence-electron chi connectivity index (χ3n) is 3.13. The summed E-state index contributed by atoms with van der Waals surface area (Å²) in [5.41, 5.74) is 1.49. The molecule has 0 amide bonds. The smallest absolute Gasteiger partial charge is 0.161 e. The lowest BCUT2D eigenvalue weighted by Crippen LogP contribution is -2.01. The number of aliphatic hydroxyl groups excluding tert-OH is 1. The first-order chi connectivity index (χ1) is 9.69. The molecule has 2 aromatic carbocycles. The van der Waals surface area contributed by atoms with Crippen molar-refractivity contribution in [3.8, 4) is 17.2 Å². The molecule has 0 aliphatic heterocycles. The number of rotatable bonds is 5. The Bertz CT molecular complexity index is 580. The van der Waals surface area contributed by atoms with Crippen LogP contribution in [0, 0.1) is 0 Å². The van der Waals surface area contributed by atoms with Crippen molar-refractivity contribution < 1.29 is 19.3 Å². The van der Waals surface area contributed by atoms with Crippen molar-refractivity contribution in [1.82, 2.24) is 0 Å². The molecule has 0 radical (unpaired) electrons. The number of ether oxygens (including phenoxy) is 3. The molecule has 4 nitrogen and oxygen atoms in total. The molecule has 0 aliphatic carbocycles. The van der Waals surface area contributed by atoms with Crippen LogP contribution in [0.2, 0.25) is 0 Å². The highest BCUT2D eigenvalue weighted by molar-refractivity contribution is 5.45. The lowest BCUT2D eigenvalue weighted by atomic mass is 10.0. The van der Waals surface area contributed by atoms with Crippen LogP contribution in [-0.4, -0.2) is 26.4 Å². The van der Waals surface area contributed by atoms with E-state index < -0.39 is 6.10 Å². The van der Waals surface area contributed by atoms with Gasteiger partial charge in [0.25, 0.3) is 0 Å². The second kappa shape index (κ2) is 6.30. The first kappa shape index (κ1) is 14.2. The molecule has 0 spiro atoms. The van der Waals surface area contributed by atoms with Gasteiger partial charge in [-0.3, -0.25) is 0 Å². The number of hydrogen-bond acceptors (Lipinski definition) is 4. The maximum atomic E-state index is 10.4. The van der Waals surface area contributed by atoms with E-state index >= 15 is 0 Å². The summed E-state index contributed by atoms with van der Waals surface area (Å²) >= 11 is 0. The fraction of sp³-hybridized carbons (Fsp3) is 0.250. The van der Waals surface area contributed by atoms with Crippen LogP contribution in [0.25, 0.3) is 0 Å². The predicted octanol–water partition coefficient (Wildman–Crippen LogP) is 2.79. The molecule has 0 aromatic heterocycles. The van der Waals surface area contributed by atoms with E-state index in [1.807, 2.05) is 24.3 Å². The second-order valence-corrected chi connectivity index (χ2v) is 4.29. The molecule has 4 heteroatoms. The molecule has 2 rings (SSSR count). The third kappa shape index (κ3) is 2.86. The molecule has 1 atom stereocenters. The Balaban J connectivity index is 2.34. The summed E-state index contributed by atoms with van der Waals surface area (Å²) in [5.74, 6) is 1.93. The summed E-state index contributed by atoms with van der Waals surface area (Å²) in [6, 6.07) is 12.7. The highest BCUT2D eigenvalue weighted by Crippen LogP contribution is 2.32. The Morgan fingerprint density at radius 3 is 2.15 bits per heavy atom. The first-order valence-electron chi connectivity index (χ1n) is 6.23. The number of benzene rings is 2. The van der Waals surface area contributed by atoms with Gasteiger partial charge in [0.15, 0.2) is 11.5 Å². The molecule has 0 fully saturated rings. The van der Waals surface area contributed by atoms with E-state index in [0.29, 0.717) is 17.2 Å². The minimum atomic E-state index is -0.745. The van der Waals surface area contributed by atoms with Gasteiger partial charge in [0.1, 0.15) is 11.9 Å². The topological polar surface area (TPSA) is 47.9 Å². The lowest BCUT2D eigenvalue weighted by molar-refractivity contribution is 0.219. The Labute approximate surface area is 118 Å². The standard InChI is InChI=1S/C16H18O4/c1-18-13-6-4-5-11(9-13)16(17)12-7-8-14(19-2)15(10-12)20-3/h4-10,16-17H,1-3H3. The monoisotopic (exact) mass is 274 g/mol. The molecule has 0 bridgehead atoms. The fourth-order valence-electron chi connectivity index (χ4n) is 2.03. The van der Waals surface area contributed by atoms with Crippen LogP contribution >= 0.6 is 0 Å². The lowest BCUT2D eigenvalue weighted by Gasteiger charge is -2.15. The Hall–Kier alpha value is -2.20. The van der Waals surface area contributed by atoms with Gasteiger partial charge < -0.3 is 19.3 Å². The zero-order valence-electron chi connectivity index (χ0n) is 11.8. The van der Waals surface area contributed by atoms with E-state index in [1.54, 1.807) is 39.5 Å². The quantitative estimate of drug-likeness (QED) is 0.910. The van der Waals surface area contributed by atoms with E-state index in [0.717, 1.165) is 11.1 Å². The summed E-state index contributed by atoms with van der Waals surface area (Å²) in [6.45, 7) is 0. The highest BCUT2D eigenvalue weighted by Gasteiger charge is 2.14. The van der Waals surface area contributed by atoms with Crippen molar-refractivity contribution in [2.45, 2.75) is 6.10 Å². The highest BCUT2D eigenvalue weighted by atomic mass is 16.5. The molecule has 20 heavy (non-hydrogen) atoms. The zero-order chi connectivity index (χ0) is 14.5. The van der Waals surface area contributed by atoms with Crippen molar-refractivity contribution in [1.29, 1.82) is 0 Å². The van der Waals surface area contributed by atoms with Crippen molar-refractivity contribution in [3.05, 3.63) is 53.6 Å². The van der Waals surface area contributed by atoms with Gasteiger partial charge in [-0.1, -0.05) is 18.2 Å². The Kier molecular flexibility index (Phi) is 4.48. The average Bonchev–Trinajstić information content (AvgIpc) is 2.53.